The Bertz CT molecular complexity index is 356. The van der Waals surface area contributed by atoms with Gasteiger partial charge in [-0.05, 0) is 52.7 Å². The molecule has 1 aliphatic heterocycles. The highest BCUT2D eigenvalue weighted by Crippen LogP contribution is 2.22. The minimum atomic E-state index is 0.664. The van der Waals surface area contributed by atoms with E-state index in [1.807, 2.05) is 7.05 Å². The molecule has 0 unspecified atom stereocenters. The Kier molecular flexibility index (Phi) is 4.72. The summed E-state index contributed by atoms with van der Waals surface area (Å²) in [7, 11) is 1.89. The fraction of sp³-hybridized carbons (Fsp3) is 0.846. The lowest BCUT2D eigenvalue weighted by atomic mass is 9.93. The fourth-order valence-electron chi connectivity index (χ4n) is 2.52. The molecule has 18 heavy (non-hydrogen) atoms. The van der Waals surface area contributed by atoms with Crippen LogP contribution in [0.5, 0.6) is 0 Å². The maximum atomic E-state index is 5.28. The van der Waals surface area contributed by atoms with Gasteiger partial charge < -0.3 is 14.7 Å². The molecule has 0 amide bonds. The smallest absolute Gasteiger partial charge is 0.226 e. The van der Waals surface area contributed by atoms with Crippen molar-refractivity contribution in [2.45, 2.75) is 45.7 Å². The molecule has 5 nitrogen and oxygen atoms in total. The van der Waals surface area contributed by atoms with Crippen LogP contribution in [0.3, 0.4) is 0 Å². The summed E-state index contributed by atoms with van der Waals surface area (Å²) in [6, 6.07) is 0.664. The molecule has 1 aromatic heterocycles. The first-order valence-electron chi connectivity index (χ1n) is 6.89. The molecule has 1 fully saturated rings. The van der Waals surface area contributed by atoms with Crippen LogP contribution in [0.15, 0.2) is 4.52 Å². The molecular weight excluding hydrogens is 228 g/mol. The lowest BCUT2D eigenvalue weighted by Gasteiger charge is -2.34. The second kappa shape index (κ2) is 6.29. The van der Waals surface area contributed by atoms with Crippen LogP contribution in [0.2, 0.25) is 0 Å². The van der Waals surface area contributed by atoms with Crippen LogP contribution in [-0.2, 0) is 13.0 Å². The van der Waals surface area contributed by atoms with Crippen molar-refractivity contribution in [2.75, 3.05) is 20.1 Å². The number of nitrogens with one attached hydrogen (secondary N) is 1. The van der Waals surface area contributed by atoms with Gasteiger partial charge in [0.2, 0.25) is 5.89 Å². The van der Waals surface area contributed by atoms with Gasteiger partial charge in [0.25, 0.3) is 0 Å². The monoisotopic (exact) mass is 252 g/mol. The van der Waals surface area contributed by atoms with E-state index in [9.17, 15) is 0 Å². The van der Waals surface area contributed by atoms with Crippen LogP contribution in [0.1, 0.15) is 38.4 Å². The van der Waals surface area contributed by atoms with Crippen LogP contribution in [0.25, 0.3) is 0 Å². The van der Waals surface area contributed by atoms with Crippen LogP contribution >= 0.6 is 0 Å². The van der Waals surface area contributed by atoms with Gasteiger partial charge >= 0.3 is 0 Å². The molecule has 0 bridgehead atoms. The van der Waals surface area contributed by atoms with Crippen LogP contribution in [0, 0.1) is 5.92 Å². The maximum Gasteiger partial charge on any atom is 0.226 e. The third kappa shape index (κ3) is 3.53. The normalized spacial score (nSPS) is 18.7. The summed E-state index contributed by atoms with van der Waals surface area (Å²) in [5, 5.41) is 6.98. The molecule has 0 spiro atoms. The lowest BCUT2D eigenvalue weighted by Crippen LogP contribution is -2.38. The number of hydrogen-bond acceptors (Lipinski definition) is 5. The van der Waals surface area contributed by atoms with E-state index in [2.05, 4.69) is 34.2 Å². The van der Waals surface area contributed by atoms with Crippen molar-refractivity contribution in [3.8, 4) is 0 Å². The Hall–Kier alpha value is -0.940. The van der Waals surface area contributed by atoms with Crippen molar-refractivity contribution in [1.29, 1.82) is 0 Å². The van der Waals surface area contributed by atoms with Crippen molar-refractivity contribution >= 4 is 0 Å². The second-order valence-electron chi connectivity index (χ2n) is 5.41. The number of aromatic nitrogens is 2. The third-order valence-electron chi connectivity index (χ3n) is 3.69. The second-order valence-corrected chi connectivity index (χ2v) is 5.41. The first-order chi connectivity index (χ1) is 8.69. The Morgan fingerprint density at radius 2 is 2.11 bits per heavy atom. The van der Waals surface area contributed by atoms with Gasteiger partial charge in [0.15, 0.2) is 5.82 Å². The molecule has 2 rings (SSSR count). The molecule has 1 N–H and O–H groups in total. The summed E-state index contributed by atoms with van der Waals surface area (Å²) in [6.07, 6.45) is 3.41. The van der Waals surface area contributed by atoms with E-state index in [1.54, 1.807) is 0 Å². The molecule has 2 heterocycles. The predicted octanol–water partition coefficient (Wildman–Crippen LogP) is 1.45. The van der Waals surface area contributed by atoms with Gasteiger partial charge in [0.05, 0.1) is 6.54 Å². The van der Waals surface area contributed by atoms with Crippen molar-refractivity contribution < 1.29 is 4.52 Å². The molecule has 1 aliphatic rings. The Morgan fingerprint density at radius 3 is 2.72 bits per heavy atom. The van der Waals surface area contributed by atoms with Crippen LogP contribution < -0.4 is 5.32 Å². The average molecular weight is 252 g/mol. The molecule has 0 saturated carbocycles. The van der Waals surface area contributed by atoms with Crippen molar-refractivity contribution in [3.05, 3.63) is 11.7 Å². The zero-order valence-electron chi connectivity index (χ0n) is 11.6. The predicted molar refractivity (Wildman–Crippen MR) is 70.2 cm³/mol. The van der Waals surface area contributed by atoms with Gasteiger partial charge in [-0.3, -0.25) is 0 Å². The highest BCUT2D eigenvalue weighted by atomic mass is 16.5. The van der Waals surface area contributed by atoms with Crippen molar-refractivity contribution in [2.24, 2.45) is 5.92 Å². The summed E-state index contributed by atoms with van der Waals surface area (Å²) < 4.78 is 5.28. The van der Waals surface area contributed by atoms with Gasteiger partial charge in [0.1, 0.15) is 0 Å². The number of hydrogen-bond donors (Lipinski definition) is 1. The summed E-state index contributed by atoms with van der Waals surface area (Å²) in [5.74, 6) is 2.25. The summed E-state index contributed by atoms with van der Waals surface area (Å²) in [5.41, 5.74) is 0. The third-order valence-corrected chi connectivity index (χ3v) is 3.69. The van der Waals surface area contributed by atoms with E-state index in [0.29, 0.717) is 18.5 Å². The van der Waals surface area contributed by atoms with Crippen molar-refractivity contribution in [3.63, 3.8) is 0 Å². The minimum Gasteiger partial charge on any atom is -0.339 e. The Balaban J connectivity index is 1.80. The van der Waals surface area contributed by atoms with E-state index in [1.165, 1.54) is 25.9 Å². The largest absolute Gasteiger partial charge is 0.339 e. The molecule has 102 valence electrons. The Morgan fingerprint density at radius 1 is 1.39 bits per heavy atom. The van der Waals surface area contributed by atoms with Crippen LogP contribution in [-0.4, -0.2) is 41.2 Å². The number of rotatable bonds is 5. The molecular formula is C13H24N4O. The zero-order chi connectivity index (χ0) is 13.0. The molecule has 1 aromatic rings. The summed E-state index contributed by atoms with van der Waals surface area (Å²) in [4.78, 5) is 6.93. The highest BCUT2D eigenvalue weighted by molar-refractivity contribution is 4.89. The summed E-state index contributed by atoms with van der Waals surface area (Å²) in [6.45, 7) is 7.60. The molecule has 0 radical (unpaired) electrons. The molecule has 0 aliphatic carbocycles. The van der Waals surface area contributed by atoms with E-state index in [4.69, 9.17) is 4.52 Å². The SMILES string of the molecule is CNCc1noc(CC2CCN(C(C)C)CC2)n1. The fourth-order valence-corrected chi connectivity index (χ4v) is 2.52. The van der Waals surface area contributed by atoms with Crippen LogP contribution in [0.4, 0.5) is 0 Å². The standard InChI is InChI=1S/C13H24N4O/c1-10(2)17-6-4-11(5-7-17)8-13-15-12(9-14-3)16-18-13/h10-11,14H,4-9H2,1-3H3. The molecule has 1 saturated heterocycles. The van der Waals surface area contributed by atoms with Gasteiger partial charge in [-0.2, -0.15) is 4.98 Å². The average Bonchev–Trinajstić information content (AvgIpc) is 2.78. The van der Waals surface area contributed by atoms with Crippen molar-refractivity contribution in [1.82, 2.24) is 20.4 Å². The quantitative estimate of drug-likeness (QED) is 0.859. The van der Waals surface area contributed by atoms with E-state index >= 15 is 0 Å². The first-order valence-corrected chi connectivity index (χ1v) is 6.89. The maximum absolute atomic E-state index is 5.28. The van der Waals surface area contributed by atoms with Gasteiger partial charge in [-0.1, -0.05) is 5.16 Å². The first kappa shape index (κ1) is 13.5. The van der Waals surface area contributed by atoms with Gasteiger partial charge in [-0.15, -0.1) is 0 Å². The van der Waals surface area contributed by atoms with E-state index in [0.717, 1.165) is 18.1 Å². The number of piperidine rings is 1. The number of nitrogens with zero attached hydrogens (tertiary/aromatic N) is 3. The zero-order valence-corrected chi connectivity index (χ0v) is 11.6. The number of likely N-dealkylation sites (tertiary alicyclic amines) is 1. The van der Waals surface area contributed by atoms with E-state index < -0.39 is 0 Å². The topological polar surface area (TPSA) is 54.2 Å². The minimum absolute atomic E-state index is 0.664. The highest BCUT2D eigenvalue weighted by Gasteiger charge is 2.22. The molecule has 0 aromatic carbocycles. The molecule has 0 atom stereocenters. The van der Waals surface area contributed by atoms with Gasteiger partial charge in [-0.25, -0.2) is 0 Å². The van der Waals surface area contributed by atoms with E-state index in [-0.39, 0.29) is 0 Å². The lowest BCUT2D eigenvalue weighted by molar-refractivity contribution is 0.145. The Labute approximate surface area is 109 Å². The van der Waals surface area contributed by atoms with Gasteiger partial charge in [0, 0.05) is 12.5 Å². The molecule has 5 heteroatoms. The summed E-state index contributed by atoms with van der Waals surface area (Å²) >= 11 is 0.